The van der Waals surface area contributed by atoms with Gasteiger partial charge in [0.25, 0.3) is 11.8 Å². The van der Waals surface area contributed by atoms with E-state index < -0.39 is 0 Å². The second-order valence-corrected chi connectivity index (χ2v) is 7.46. The van der Waals surface area contributed by atoms with Gasteiger partial charge in [0.15, 0.2) is 11.5 Å². The summed E-state index contributed by atoms with van der Waals surface area (Å²) in [6.07, 6.45) is 1.50. The predicted molar refractivity (Wildman–Crippen MR) is 94.8 cm³/mol. The average Bonchev–Trinajstić information content (AvgIpc) is 3.24. The minimum absolute atomic E-state index is 0.152. The highest BCUT2D eigenvalue weighted by atomic mass is 16.3. The second kappa shape index (κ2) is 6.59. The van der Waals surface area contributed by atoms with E-state index in [2.05, 4.69) is 15.5 Å². The lowest BCUT2D eigenvalue weighted by Gasteiger charge is -2.25. The van der Waals surface area contributed by atoms with Crippen LogP contribution in [0.1, 0.15) is 53.1 Å². The molecule has 1 atom stereocenters. The van der Waals surface area contributed by atoms with Crippen molar-refractivity contribution in [2.24, 2.45) is 5.41 Å². The third-order valence-electron chi connectivity index (χ3n) is 4.91. The summed E-state index contributed by atoms with van der Waals surface area (Å²) in [6.45, 7) is 11.2. The molecule has 1 unspecified atom stereocenters. The maximum absolute atomic E-state index is 12.9. The minimum Gasteiger partial charge on any atom is -0.459 e. The maximum atomic E-state index is 12.9. The second-order valence-electron chi connectivity index (χ2n) is 7.46. The van der Waals surface area contributed by atoms with Crippen LogP contribution in [0.2, 0.25) is 0 Å². The summed E-state index contributed by atoms with van der Waals surface area (Å²) in [6, 6.07) is 1.58. The molecule has 8 heteroatoms. The number of amides is 2. The van der Waals surface area contributed by atoms with Gasteiger partial charge in [-0.15, -0.1) is 5.10 Å². The van der Waals surface area contributed by atoms with Gasteiger partial charge in [-0.3, -0.25) is 9.59 Å². The fourth-order valence-electron chi connectivity index (χ4n) is 3.28. The van der Waals surface area contributed by atoms with E-state index >= 15 is 0 Å². The Morgan fingerprint density at radius 3 is 2.65 bits per heavy atom. The van der Waals surface area contributed by atoms with Crippen LogP contribution in [0.4, 0.5) is 0 Å². The number of likely N-dealkylation sites (tertiary alicyclic amines) is 1. The molecule has 1 saturated heterocycles. The molecule has 1 aliphatic heterocycles. The number of rotatable bonds is 4. The smallest absolute Gasteiger partial charge is 0.287 e. The Morgan fingerprint density at radius 2 is 2.08 bits per heavy atom. The molecular weight excluding hydrogens is 334 g/mol. The zero-order valence-corrected chi connectivity index (χ0v) is 15.9. The first-order chi connectivity index (χ1) is 12.2. The SMILES string of the molecule is CCn1nc(C)c(C(=O)N2CC(NC(=O)c3occc3C)C(C)(C)C2)n1. The van der Waals surface area contributed by atoms with Crippen LogP contribution >= 0.6 is 0 Å². The van der Waals surface area contributed by atoms with Crippen molar-refractivity contribution in [3.05, 3.63) is 35.0 Å². The highest BCUT2D eigenvalue weighted by Crippen LogP contribution is 2.31. The van der Waals surface area contributed by atoms with Gasteiger partial charge in [0.2, 0.25) is 0 Å². The van der Waals surface area contributed by atoms with E-state index in [0.717, 1.165) is 5.56 Å². The van der Waals surface area contributed by atoms with Crippen LogP contribution in [0, 0.1) is 19.3 Å². The lowest BCUT2D eigenvalue weighted by Crippen LogP contribution is -2.44. The van der Waals surface area contributed by atoms with Crippen LogP contribution < -0.4 is 5.32 Å². The first-order valence-electron chi connectivity index (χ1n) is 8.79. The molecule has 0 saturated carbocycles. The molecular formula is C18H25N5O3. The summed E-state index contributed by atoms with van der Waals surface area (Å²) < 4.78 is 5.27. The van der Waals surface area contributed by atoms with Crippen LogP contribution in [0.5, 0.6) is 0 Å². The van der Waals surface area contributed by atoms with Gasteiger partial charge in [-0.1, -0.05) is 13.8 Å². The van der Waals surface area contributed by atoms with E-state index in [-0.39, 0.29) is 23.3 Å². The number of aromatic nitrogens is 3. The van der Waals surface area contributed by atoms with E-state index in [0.29, 0.717) is 36.8 Å². The van der Waals surface area contributed by atoms with Gasteiger partial charge in [0, 0.05) is 24.1 Å². The standard InChI is InChI=1S/C18H25N5O3/c1-6-23-20-12(3)14(21-23)17(25)22-9-13(18(4,5)10-22)19-16(24)15-11(2)7-8-26-15/h7-8,13H,6,9-10H2,1-5H3,(H,19,24). The number of carbonyl (C=O) groups is 2. The van der Waals surface area contributed by atoms with Crippen molar-refractivity contribution in [3.8, 4) is 0 Å². The van der Waals surface area contributed by atoms with Crippen molar-refractivity contribution in [2.75, 3.05) is 13.1 Å². The number of carbonyl (C=O) groups excluding carboxylic acids is 2. The Kier molecular flexibility index (Phi) is 4.60. The summed E-state index contributed by atoms with van der Waals surface area (Å²) >= 11 is 0. The molecule has 3 rings (SSSR count). The summed E-state index contributed by atoms with van der Waals surface area (Å²) in [7, 11) is 0. The predicted octanol–water partition coefficient (Wildman–Crippen LogP) is 1.79. The lowest BCUT2D eigenvalue weighted by molar-refractivity contribution is 0.0768. The Labute approximate surface area is 152 Å². The van der Waals surface area contributed by atoms with Crippen LogP contribution in [0.15, 0.2) is 16.7 Å². The monoisotopic (exact) mass is 359 g/mol. The number of hydrogen-bond acceptors (Lipinski definition) is 5. The third-order valence-corrected chi connectivity index (χ3v) is 4.91. The van der Waals surface area contributed by atoms with Crippen molar-refractivity contribution < 1.29 is 14.0 Å². The molecule has 1 aliphatic rings. The van der Waals surface area contributed by atoms with E-state index in [9.17, 15) is 9.59 Å². The van der Waals surface area contributed by atoms with E-state index in [1.807, 2.05) is 27.7 Å². The number of hydrogen-bond donors (Lipinski definition) is 1. The van der Waals surface area contributed by atoms with Gasteiger partial charge in [-0.25, -0.2) is 0 Å². The van der Waals surface area contributed by atoms with Gasteiger partial charge < -0.3 is 14.6 Å². The topological polar surface area (TPSA) is 93.3 Å². The van der Waals surface area contributed by atoms with Gasteiger partial charge in [-0.2, -0.15) is 9.90 Å². The fourth-order valence-corrected chi connectivity index (χ4v) is 3.28. The molecule has 0 aromatic carbocycles. The molecule has 1 N–H and O–H groups in total. The minimum atomic E-state index is -0.263. The molecule has 8 nitrogen and oxygen atoms in total. The molecule has 2 amide bonds. The van der Waals surface area contributed by atoms with Crippen LogP contribution in [-0.4, -0.2) is 50.8 Å². The van der Waals surface area contributed by atoms with E-state index in [1.165, 1.54) is 11.1 Å². The van der Waals surface area contributed by atoms with Crippen LogP contribution in [-0.2, 0) is 6.54 Å². The van der Waals surface area contributed by atoms with Crippen molar-refractivity contribution in [3.63, 3.8) is 0 Å². The molecule has 0 radical (unpaired) electrons. The zero-order valence-electron chi connectivity index (χ0n) is 15.9. The van der Waals surface area contributed by atoms with E-state index in [1.54, 1.807) is 17.9 Å². The number of nitrogens with one attached hydrogen (secondary N) is 1. The normalized spacial score (nSPS) is 19.0. The molecule has 26 heavy (non-hydrogen) atoms. The summed E-state index contributed by atoms with van der Waals surface area (Å²) in [5.74, 6) is -0.0958. The quantitative estimate of drug-likeness (QED) is 0.898. The van der Waals surface area contributed by atoms with Crippen molar-refractivity contribution in [1.82, 2.24) is 25.2 Å². The number of aryl methyl sites for hydroxylation is 3. The molecule has 0 bridgehead atoms. The Morgan fingerprint density at radius 1 is 1.35 bits per heavy atom. The highest BCUT2D eigenvalue weighted by Gasteiger charge is 2.43. The number of furan rings is 1. The number of nitrogens with zero attached hydrogens (tertiary/aromatic N) is 4. The Balaban J connectivity index is 1.74. The molecule has 2 aromatic heterocycles. The molecule has 0 aliphatic carbocycles. The Hall–Kier alpha value is -2.64. The van der Waals surface area contributed by atoms with Crippen LogP contribution in [0.3, 0.4) is 0 Å². The summed E-state index contributed by atoms with van der Waals surface area (Å²) in [5.41, 5.74) is 1.52. The zero-order chi connectivity index (χ0) is 19.1. The maximum Gasteiger partial charge on any atom is 0.287 e. The summed E-state index contributed by atoms with van der Waals surface area (Å²) in [4.78, 5) is 28.6. The van der Waals surface area contributed by atoms with Gasteiger partial charge >= 0.3 is 0 Å². The first-order valence-corrected chi connectivity index (χ1v) is 8.79. The average molecular weight is 359 g/mol. The molecule has 3 heterocycles. The van der Waals surface area contributed by atoms with Crippen LogP contribution in [0.25, 0.3) is 0 Å². The largest absolute Gasteiger partial charge is 0.459 e. The van der Waals surface area contributed by atoms with Crippen molar-refractivity contribution >= 4 is 11.8 Å². The van der Waals surface area contributed by atoms with Gasteiger partial charge in [0.1, 0.15) is 0 Å². The van der Waals surface area contributed by atoms with E-state index in [4.69, 9.17) is 4.42 Å². The lowest BCUT2D eigenvalue weighted by atomic mass is 9.88. The van der Waals surface area contributed by atoms with Crippen molar-refractivity contribution in [1.29, 1.82) is 0 Å². The highest BCUT2D eigenvalue weighted by molar-refractivity contribution is 5.94. The van der Waals surface area contributed by atoms with Crippen molar-refractivity contribution in [2.45, 2.75) is 47.2 Å². The first kappa shape index (κ1) is 18.2. The Bertz CT molecular complexity index is 836. The molecule has 140 valence electrons. The molecule has 0 spiro atoms. The third kappa shape index (κ3) is 3.23. The molecule has 2 aromatic rings. The fraction of sp³-hybridized carbons (Fsp3) is 0.556. The summed E-state index contributed by atoms with van der Waals surface area (Å²) in [5, 5.41) is 11.5. The van der Waals surface area contributed by atoms with Gasteiger partial charge in [-0.05, 0) is 26.8 Å². The van der Waals surface area contributed by atoms with Gasteiger partial charge in [0.05, 0.1) is 24.5 Å². The molecule has 1 fully saturated rings.